The van der Waals surface area contributed by atoms with Crippen LogP contribution in [0, 0.1) is 19.7 Å². The normalized spacial score (nSPS) is 10.5. The predicted molar refractivity (Wildman–Crippen MR) is 94.2 cm³/mol. The number of aromatic hydroxyl groups is 2. The Morgan fingerprint density at radius 1 is 0.880 bits per heavy atom. The molecule has 3 aromatic rings. The second-order valence-corrected chi connectivity index (χ2v) is 5.54. The molecule has 0 amide bonds. The third kappa shape index (κ3) is 3.45. The van der Waals surface area contributed by atoms with Crippen molar-refractivity contribution in [3.63, 3.8) is 0 Å². The summed E-state index contributed by atoms with van der Waals surface area (Å²) in [7, 11) is 0. The number of hydrogen-bond donors (Lipinski definition) is 4. The lowest BCUT2D eigenvalue weighted by molar-refractivity contribution is 0.471. The molecule has 0 aliphatic rings. The Morgan fingerprint density at radius 3 is 2.04 bits per heavy atom. The van der Waals surface area contributed by atoms with Gasteiger partial charge in [-0.15, -0.1) is 0 Å². The van der Waals surface area contributed by atoms with Gasteiger partial charge in [-0.2, -0.15) is 4.98 Å². The fourth-order valence-corrected chi connectivity index (χ4v) is 2.28. The molecule has 0 aliphatic carbocycles. The van der Waals surface area contributed by atoms with E-state index < -0.39 is 5.82 Å². The van der Waals surface area contributed by atoms with E-state index >= 15 is 0 Å². The average Bonchev–Trinajstić information content (AvgIpc) is 2.59. The van der Waals surface area contributed by atoms with Gasteiger partial charge < -0.3 is 20.8 Å². The lowest BCUT2D eigenvalue weighted by Gasteiger charge is -2.13. The number of nitrogens with zero attached hydrogens (tertiary/aromatic N) is 2. The van der Waals surface area contributed by atoms with Gasteiger partial charge in [0.15, 0.2) is 11.6 Å². The molecule has 4 N–H and O–H groups in total. The molecule has 2 aromatic carbocycles. The van der Waals surface area contributed by atoms with Crippen LogP contribution in [-0.4, -0.2) is 20.2 Å². The summed E-state index contributed by atoms with van der Waals surface area (Å²) in [6.07, 6.45) is 1.05. The molecule has 0 spiro atoms. The highest BCUT2D eigenvalue weighted by Gasteiger charge is 2.11. The summed E-state index contributed by atoms with van der Waals surface area (Å²) >= 11 is 0. The smallest absolute Gasteiger partial charge is 0.229 e. The van der Waals surface area contributed by atoms with E-state index in [-0.39, 0.29) is 23.3 Å². The summed E-state index contributed by atoms with van der Waals surface area (Å²) in [5.74, 6) is -0.227. The van der Waals surface area contributed by atoms with Crippen LogP contribution >= 0.6 is 0 Å². The van der Waals surface area contributed by atoms with E-state index in [2.05, 4.69) is 20.6 Å². The third-order valence-electron chi connectivity index (χ3n) is 3.85. The Bertz CT molecular complexity index is 931. The molecule has 0 saturated carbocycles. The van der Waals surface area contributed by atoms with Gasteiger partial charge in [-0.25, -0.2) is 9.37 Å². The van der Waals surface area contributed by atoms with E-state index in [1.165, 1.54) is 0 Å². The Morgan fingerprint density at radius 2 is 1.44 bits per heavy atom. The summed E-state index contributed by atoms with van der Waals surface area (Å²) in [4.78, 5) is 8.05. The highest BCUT2D eigenvalue weighted by atomic mass is 19.1. The summed E-state index contributed by atoms with van der Waals surface area (Å²) in [5, 5.41) is 25.3. The van der Waals surface area contributed by atoms with Gasteiger partial charge in [-0.1, -0.05) is 12.1 Å². The van der Waals surface area contributed by atoms with E-state index in [4.69, 9.17) is 0 Å². The van der Waals surface area contributed by atoms with Crippen molar-refractivity contribution in [1.29, 1.82) is 0 Å². The monoisotopic (exact) mass is 340 g/mol. The fraction of sp³-hybridized carbons (Fsp3) is 0.111. The second kappa shape index (κ2) is 6.64. The molecule has 0 radical (unpaired) electrons. The van der Waals surface area contributed by atoms with Crippen molar-refractivity contribution in [3.8, 4) is 11.5 Å². The standard InChI is InChI=1S/C18H17FN4O2/c1-10-13(5-3-7-15(10)24)21-17-12(19)9-20-18(23-17)22-14-6-4-8-16(25)11(14)2/h3-9,24-25H,1-2H3,(H2,20,21,22,23). The summed E-state index contributed by atoms with van der Waals surface area (Å²) < 4.78 is 14.1. The SMILES string of the molecule is Cc1c(O)cccc1Nc1ncc(F)c(Nc2cccc(O)c2C)n1. The number of rotatable bonds is 4. The summed E-state index contributed by atoms with van der Waals surface area (Å²) in [6, 6.07) is 9.93. The molecular formula is C18H17FN4O2. The number of benzene rings is 2. The molecule has 0 unspecified atom stereocenters. The predicted octanol–water partition coefficient (Wildman–Crippen LogP) is 4.13. The van der Waals surface area contributed by atoms with Gasteiger partial charge in [0, 0.05) is 22.5 Å². The largest absolute Gasteiger partial charge is 0.508 e. The van der Waals surface area contributed by atoms with E-state index in [1.54, 1.807) is 50.2 Å². The highest BCUT2D eigenvalue weighted by Crippen LogP contribution is 2.29. The molecule has 128 valence electrons. The Kier molecular flexibility index (Phi) is 4.38. The van der Waals surface area contributed by atoms with Crippen molar-refractivity contribution in [3.05, 3.63) is 59.5 Å². The number of nitrogens with one attached hydrogen (secondary N) is 2. The maximum Gasteiger partial charge on any atom is 0.229 e. The third-order valence-corrected chi connectivity index (χ3v) is 3.85. The molecule has 1 aromatic heterocycles. The summed E-state index contributed by atoms with van der Waals surface area (Å²) in [6.45, 7) is 3.46. The Balaban J connectivity index is 1.90. The van der Waals surface area contributed by atoms with E-state index in [0.717, 1.165) is 6.20 Å². The summed E-state index contributed by atoms with van der Waals surface area (Å²) in [5.41, 5.74) is 2.37. The van der Waals surface area contributed by atoms with Crippen LogP contribution in [-0.2, 0) is 0 Å². The van der Waals surface area contributed by atoms with Gasteiger partial charge in [0.2, 0.25) is 5.95 Å². The van der Waals surface area contributed by atoms with Crippen molar-refractivity contribution in [2.24, 2.45) is 0 Å². The van der Waals surface area contributed by atoms with E-state index in [1.807, 2.05) is 0 Å². The quantitative estimate of drug-likeness (QED) is 0.571. The average molecular weight is 340 g/mol. The van der Waals surface area contributed by atoms with Gasteiger partial charge in [0.05, 0.1) is 6.20 Å². The van der Waals surface area contributed by atoms with Crippen LogP contribution in [0.4, 0.5) is 27.5 Å². The zero-order valence-electron chi connectivity index (χ0n) is 13.7. The molecule has 0 aliphatic heterocycles. The molecule has 3 rings (SSSR count). The fourth-order valence-electron chi connectivity index (χ4n) is 2.28. The lowest BCUT2D eigenvalue weighted by atomic mass is 10.2. The zero-order valence-corrected chi connectivity index (χ0v) is 13.7. The molecular weight excluding hydrogens is 323 g/mol. The first-order chi connectivity index (χ1) is 12.0. The van der Waals surface area contributed by atoms with E-state index in [0.29, 0.717) is 22.5 Å². The number of phenols is 2. The minimum absolute atomic E-state index is 0.0241. The van der Waals surface area contributed by atoms with Crippen LogP contribution in [0.5, 0.6) is 11.5 Å². The molecule has 0 saturated heterocycles. The van der Waals surface area contributed by atoms with Crippen molar-refractivity contribution in [1.82, 2.24) is 9.97 Å². The van der Waals surface area contributed by atoms with Crippen molar-refractivity contribution in [2.75, 3.05) is 10.6 Å². The Hall–Kier alpha value is -3.35. The van der Waals surface area contributed by atoms with Crippen LogP contribution < -0.4 is 10.6 Å². The van der Waals surface area contributed by atoms with Crippen molar-refractivity contribution in [2.45, 2.75) is 13.8 Å². The molecule has 6 nitrogen and oxygen atoms in total. The van der Waals surface area contributed by atoms with E-state index in [9.17, 15) is 14.6 Å². The van der Waals surface area contributed by atoms with Gasteiger partial charge in [-0.3, -0.25) is 0 Å². The van der Waals surface area contributed by atoms with Crippen LogP contribution in [0.2, 0.25) is 0 Å². The Labute approximate surface area is 144 Å². The van der Waals surface area contributed by atoms with Crippen LogP contribution in [0.15, 0.2) is 42.6 Å². The van der Waals surface area contributed by atoms with Crippen LogP contribution in [0.3, 0.4) is 0 Å². The number of halogens is 1. The van der Waals surface area contributed by atoms with Gasteiger partial charge in [-0.05, 0) is 38.1 Å². The van der Waals surface area contributed by atoms with Crippen molar-refractivity contribution >= 4 is 23.1 Å². The minimum atomic E-state index is -0.624. The van der Waals surface area contributed by atoms with Gasteiger partial charge in [0.1, 0.15) is 11.5 Å². The number of hydrogen-bond acceptors (Lipinski definition) is 6. The van der Waals surface area contributed by atoms with Crippen molar-refractivity contribution < 1.29 is 14.6 Å². The molecule has 0 fully saturated rings. The first-order valence-corrected chi connectivity index (χ1v) is 7.59. The minimum Gasteiger partial charge on any atom is -0.508 e. The van der Waals surface area contributed by atoms with Crippen LogP contribution in [0.1, 0.15) is 11.1 Å². The first kappa shape index (κ1) is 16.5. The maximum atomic E-state index is 14.1. The molecule has 25 heavy (non-hydrogen) atoms. The molecule has 7 heteroatoms. The van der Waals surface area contributed by atoms with Gasteiger partial charge in [0.25, 0.3) is 0 Å². The topological polar surface area (TPSA) is 90.3 Å². The zero-order chi connectivity index (χ0) is 18.0. The highest BCUT2D eigenvalue weighted by molar-refractivity contribution is 5.66. The first-order valence-electron chi connectivity index (χ1n) is 7.59. The van der Waals surface area contributed by atoms with Crippen LogP contribution in [0.25, 0.3) is 0 Å². The van der Waals surface area contributed by atoms with Gasteiger partial charge >= 0.3 is 0 Å². The maximum absolute atomic E-state index is 14.1. The number of anilines is 4. The molecule has 0 atom stereocenters. The molecule has 0 bridgehead atoms. The molecule has 1 heterocycles. The number of phenolic OH excluding ortho intramolecular Hbond substituents is 2. The number of aromatic nitrogens is 2. The lowest BCUT2D eigenvalue weighted by Crippen LogP contribution is -2.04. The second-order valence-electron chi connectivity index (χ2n) is 5.54.